The number of carbonyl (C=O) groups is 1. The van der Waals surface area contributed by atoms with E-state index in [1.165, 1.54) is 11.1 Å². The average Bonchev–Trinajstić information content (AvgIpc) is 2.29. The van der Waals surface area contributed by atoms with Crippen molar-refractivity contribution in [2.24, 2.45) is 0 Å². The van der Waals surface area contributed by atoms with Crippen molar-refractivity contribution < 1.29 is 4.79 Å². The molecule has 0 fully saturated rings. The molecule has 1 aromatic rings. The smallest absolute Gasteiger partial charge is 0.159 e. The fraction of sp³-hybridized carbons (Fsp3) is 0.400. The zero-order valence-corrected chi connectivity index (χ0v) is 10.3. The van der Waals surface area contributed by atoms with E-state index in [0.29, 0.717) is 0 Å². The summed E-state index contributed by atoms with van der Waals surface area (Å²) in [7, 11) is 0. The standard InChI is InChI=1S/C15H20O/c1-4-6-7-8-15-11-14(12(3)16)10-9-13(15)5-2/h4,9-11H,1,5-8H2,2-3H3. The first kappa shape index (κ1) is 12.7. The molecule has 0 radical (unpaired) electrons. The second-order valence-electron chi connectivity index (χ2n) is 4.07. The first-order valence-corrected chi connectivity index (χ1v) is 5.92. The maximum absolute atomic E-state index is 11.3. The fourth-order valence-electron chi connectivity index (χ4n) is 1.86. The number of hydrogen-bond donors (Lipinski definition) is 0. The van der Waals surface area contributed by atoms with E-state index in [0.717, 1.165) is 31.2 Å². The Kier molecular flexibility index (Phi) is 4.97. The molecule has 0 aliphatic rings. The van der Waals surface area contributed by atoms with Gasteiger partial charge in [0.1, 0.15) is 0 Å². The summed E-state index contributed by atoms with van der Waals surface area (Å²) in [5.74, 6) is 0.146. The molecule has 0 aliphatic heterocycles. The van der Waals surface area contributed by atoms with Crippen LogP contribution in [0.5, 0.6) is 0 Å². The van der Waals surface area contributed by atoms with E-state index < -0.39 is 0 Å². The van der Waals surface area contributed by atoms with Gasteiger partial charge in [-0.05, 0) is 49.8 Å². The van der Waals surface area contributed by atoms with Gasteiger partial charge in [-0.1, -0.05) is 25.1 Å². The molecule has 16 heavy (non-hydrogen) atoms. The molecular formula is C15H20O. The molecule has 0 spiro atoms. The first-order valence-electron chi connectivity index (χ1n) is 5.92. The third-order valence-electron chi connectivity index (χ3n) is 2.85. The van der Waals surface area contributed by atoms with E-state index in [2.05, 4.69) is 19.6 Å². The molecule has 0 saturated carbocycles. The first-order chi connectivity index (χ1) is 7.69. The third kappa shape index (κ3) is 3.34. The quantitative estimate of drug-likeness (QED) is 0.399. The van der Waals surface area contributed by atoms with Crippen LogP contribution >= 0.6 is 0 Å². The second kappa shape index (κ2) is 6.26. The number of ketones is 1. The maximum Gasteiger partial charge on any atom is 0.159 e. The van der Waals surface area contributed by atoms with Crippen LogP contribution in [0.25, 0.3) is 0 Å². The van der Waals surface area contributed by atoms with Crippen molar-refractivity contribution in [3.8, 4) is 0 Å². The summed E-state index contributed by atoms with van der Waals surface area (Å²) in [5, 5.41) is 0. The number of hydrogen-bond acceptors (Lipinski definition) is 1. The predicted octanol–water partition coefficient (Wildman–Crippen LogP) is 3.96. The van der Waals surface area contributed by atoms with Gasteiger partial charge in [0, 0.05) is 5.56 Å². The normalized spacial score (nSPS) is 10.1. The zero-order chi connectivity index (χ0) is 12.0. The Hall–Kier alpha value is -1.37. The van der Waals surface area contributed by atoms with Crippen molar-refractivity contribution in [3.05, 3.63) is 47.5 Å². The van der Waals surface area contributed by atoms with Crippen molar-refractivity contribution >= 4 is 5.78 Å². The third-order valence-corrected chi connectivity index (χ3v) is 2.85. The van der Waals surface area contributed by atoms with Crippen molar-refractivity contribution in [3.63, 3.8) is 0 Å². The fourth-order valence-corrected chi connectivity index (χ4v) is 1.86. The number of allylic oxidation sites excluding steroid dienone is 1. The van der Waals surface area contributed by atoms with Gasteiger partial charge < -0.3 is 0 Å². The Morgan fingerprint density at radius 3 is 2.69 bits per heavy atom. The number of carbonyl (C=O) groups excluding carboxylic acids is 1. The van der Waals surface area contributed by atoms with Crippen LogP contribution in [0.2, 0.25) is 0 Å². The lowest BCUT2D eigenvalue weighted by atomic mass is 9.96. The molecule has 0 aliphatic carbocycles. The van der Waals surface area contributed by atoms with Gasteiger partial charge in [0.05, 0.1) is 0 Å². The molecule has 0 heterocycles. The van der Waals surface area contributed by atoms with E-state index in [-0.39, 0.29) is 5.78 Å². The van der Waals surface area contributed by atoms with Crippen LogP contribution in [-0.2, 0) is 12.8 Å². The van der Waals surface area contributed by atoms with Crippen LogP contribution in [0.4, 0.5) is 0 Å². The number of benzene rings is 1. The molecule has 0 amide bonds. The SMILES string of the molecule is C=CCCCc1cc(C(C)=O)ccc1CC. The summed E-state index contributed by atoms with van der Waals surface area (Å²) >= 11 is 0. The summed E-state index contributed by atoms with van der Waals surface area (Å²) in [5.41, 5.74) is 3.50. The minimum absolute atomic E-state index is 0.146. The van der Waals surface area contributed by atoms with Crippen LogP contribution in [-0.4, -0.2) is 5.78 Å². The minimum Gasteiger partial charge on any atom is -0.295 e. The molecule has 0 saturated heterocycles. The molecule has 0 atom stereocenters. The number of rotatable bonds is 6. The van der Waals surface area contributed by atoms with Gasteiger partial charge in [0.25, 0.3) is 0 Å². The van der Waals surface area contributed by atoms with Gasteiger partial charge >= 0.3 is 0 Å². The van der Waals surface area contributed by atoms with E-state index in [9.17, 15) is 4.79 Å². The van der Waals surface area contributed by atoms with Gasteiger partial charge in [0.15, 0.2) is 5.78 Å². The lowest BCUT2D eigenvalue weighted by Gasteiger charge is -2.08. The highest BCUT2D eigenvalue weighted by atomic mass is 16.1. The highest BCUT2D eigenvalue weighted by Gasteiger charge is 2.05. The van der Waals surface area contributed by atoms with Crippen LogP contribution < -0.4 is 0 Å². The van der Waals surface area contributed by atoms with Gasteiger partial charge in [-0.2, -0.15) is 0 Å². The summed E-state index contributed by atoms with van der Waals surface area (Å²) < 4.78 is 0. The number of Topliss-reactive ketones (excluding diaryl/α,β-unsaturated/α-hetero) is 1. The topological polar surface area (TPSA) is 17.1 Å². The summed E-state index contributed by atoms with van der Waals surface area (Å²) in [6.45, 7) is 7.50. The Balaban J connectivity index is 2.88. The van der Waals surface area contributed by atoms with Crippen molar-refractivity contribution in [2.75, 3.05) is 0 Å². The van der Waals surface area contributed by atoms with Gasteiger partial charge in [0.2, 0.25) is 0 Å². The summed E-state index contributed by atoms with van der Waals surface area (Å²) in [4.78, 5) is 11.3. The highest BCUT2D eigenvalue weighted by Crippen LogP contribution is 2.16. The Labute approximate surface area is 98.2 Å². The number of aryl methyl sites for hydroxylation is 2. The second-order valence-corrected chi connectivity index (χ2v) is 4.07. The Morgan fingerprint density at radius 1 is 1.38 bits per heavy atom. The molecule has 0 unspecified atom stereocenters. The average molecular weight is 216 g/mol. The molecule has 0 bridgehead atoms. The summed E-state index contributed by atoms with van der Waals surface area (Å²) in [6, 6.07) is 6.06. The van der Waals surface area contributed by atoms with Crippen molar-refractivity contribution in [1.82, 2.24) is 0 Å². The predicted molar refractivity (Wildman–Crippen MR) is 69.0 cm³/mol. The molecule has 86 valence electrons. The highest BCUT2D eigenvalue weighted by molar-refractivity contribution is 5.94. The molecular weight excluding hydrogens is 196 g/mol. The summed E-state index contributed by atoms with van der Waals surface area (Å²) in [6.07, 6.45) is 6.16. The Morgan fingerprint density at radius 2 is 2.12 bits per heavy atom. The molecule has 1 nitrogen and oxygen atoms in total. The Bertz CT molecular complexity index is 377. The monoisotopic (exact) mass is 216 g/mol. The van der Waals surface area contributed by atoms with Crippen LogP contribution in [0, 0.1) is 0 Å². The lowest BCUT2D eigenvalue weighted by molar-refractivity contribution is 0.101. The van der Waals surface area contributed by atoms with Crippen LogP contribution in [0.15, 0.2) is 30.9 Å². The molecule has 0 aromatic heterocycles. The molecule has 1 aromatic carbocycles. The van der Waals surface area contributed by atoms with E-state index in [4.69, 9.17) is 0 Å². The molecule has 0 N–H and O–H groups in total. The van der Waals surface area contributed by atoms with Gasteiger partial charge in [-0.3, -0.25) is 4.79 Å². The minimum atomic E-state index is 0.146. The lowest BCUT2D eigenvalue weighted by Crippen LogP contribution is -1.98. The van der Waals surface area contributed by atoms with E-state index in [1.54, 1.807) is 6.92 Å². The maximum atomic E-state index is 11.3. The van der Waals surface area contributed by atoms with Crippen LogP contribution in [0.3, 0.4) is 0 Å². The van der Waals surface area contributed by atoms with Gasteiger partial charge in [-0.15, -0.1) is 6.58 Å². The van der Waals surface area contributed by atoms with E-state index in [1.807, 2.05) is 18.2 Å². The van der Waals surface area contributed by atoms with Crippen molar-refractivity contribution in [1.29, 1.82) is 0 Å². The van der Waals surface area contributed by atoms with E-state index >= 15 is 0 Å². The van der Waals surface area contributed by atoms with Gasteiger partial charge in [-0.25, -0.2) is 0 Å². The van der Waals surface area contributed by atoms with Crippen LogP contribution in [0.1, 0.15) is 48.2 Å². The molecule has 1 rings (SSSR count). The zero-order valence-electron chi connectivity index (χ0n) is 10.3. The molecule has 1 heteroatoms. The largest absolute Gasteiger partial charge is 0.295 e. The van der Waals surface area contributed by atoms with Crippen molar-refractivity contribution in [2.45, 2.75) is 39.5 Å². The number of unbranched alkanes of at least 4 members (excludes halogenated alkanes) is 1.